The third kappa shape index (κ3) is 4.42. The Morgan fingerprint density at radius 1 is 1.00 bits per heavy atom. The quantitative estimate of drug-likeness (QED) is 0.714. The van der Waals surface area contributed by atoms with E-state index in [2.05, 4.69) is 22.0 Å². The fourth-order valence-corrected chi connectivity index (χ4v) is 3.13. The Balaban J connectivity index is 2.06. The lowest BCUT2D eigenvalue weighted by molar-refractivity contribution is 0.163. The van der Waals surface area contributed by atoms with Gasteiger partial charge < -0.3 is 19.3 Å². The molecule has 1 unspecified atom stereocenters. The number of benzene rings is 2. The molecule has 0 spiro atoms. The van der Waals surface area contributed by atoms with E-state index in [-0.39, 0.29) is 0 Å². The van der Waals surface area contributed by atoms with Crippen molar-refractivity contribution >= 4 is 15.9 Å². The molecule has 0 aliphatic carbocycles. The molecule has 24 heavy (non-hydrogen) atoms. The summed E-state index contributed by atoms with van der Waals surface area (Å²) in [5, 5.41) is 10.5. The number of methoxy groups -OCH3 is 3. The van der Waals surface area contributed by atoms with E-state index in [9.17, 15) is 5.11 Å². The highest BCUT2D eigenvalue weighted by Crippen LogP contribution is 2.40. The predicted octanol–water partition coefficient (Wildman–Crippen LogP) is 4.53. The van der Waals surface area contributed by atoms with Crippen molar-refractivity contribution in [3.63, 3.8) is 0 Å². The second kappa shape index (κ2) is 8.94. The zero-order valence-corrected chi connectivity index (χ0v) is 15.8. The Morgan fingerprint density at radius 2 is 1.62 bits per heavy atom. The average Bonchev–Trinajstić information content (AvgIpc) is 2.61. The Hall–Kier alpha value is -1.72. The smallest absolute Gasteiger partial charge is 0.203 e. The zero-order valence-electron chi connectivity index (χ0n) is 14.2. The molecule has 0 radical (unpaired) electrons. The number of halogens is 1. The van der Waals surface area contributed by atoms with Crippen LogP contribution >= 0.6 is 15.9 Å². The van der Waals surface area contributed by atoms with Gasteiger partial charge in [-0.15, -0.1) is 0 Å². The number of rotatable bonds is 8. The average molecular weight is 395 g/mol. The molecule has 0 aromatic heterocycles. The second-order valence-corrected chi connectivity index (χ2v) is 6.31. The molecular weight excluding hydrogens is 372 g/mol. The lowest BCUT2D eigenvalue weighted by Gasteiger charge is -2.17. The van der Waals surface area contributed by atoms with Crippen molar-refractivity contribution in [3.8, 4) is 17.2 Å². The summed E-state index contributed by atoms with van der Waals surface area (Å²) in [6.45, 7) is 0. The van der Waals surface area contributed by atoms with Gasteiger partial charge in [0.2, 0.25) is 5.75 Å². The third-order valence-electron chi connectivity index (χ3n) is 3.95. The van der Waals surface area contributed by atoms with E-state index >= 15 is 0 Å². The van der Waals surface area contributed by atoms with E-state index in [1.54, 1.807) is 33.5 Å². The largest absolute Gasteiger partial charge is 0.493 e. The predicted molar refractivity (Wildman–Crippen MR) is 98.1 cm³/mol. The molecule has 0 bridgehead atoms. The minimum Gasteiger partial charge on any atom is -0.493 e. The van der Waals surface area contributed by atoms with Crippen LogP contribution in [0.5, 0.6) is 17.2 Å². The van der Waals surface area contributed by atoms with Gasteiger partial charge in [0, 0.05) is 4.47 Å². The molecule has 0 fully saturated rings. The first kappa shape index (κ1) is 18.6. The summed E-state index contributed by atoms with van der Waals surface area (Å²) in [7, 11) is 4.70. The van der Waals surface area contributed by atoms with Crippen molar-refractivity contribution < 1.29 is 19.3 Å². The maximum atomic E-state index is 10.5. The number of ether oxygens (including phenoxy) is 3. The van der Waals surface area contributed by atoms with Gasteiger partial charge in [-0.05, 0) is 48.6 Å². The van der Waals surface area contributed by atoms with Crippen molar-refractivity contribution in [1.82, 2.24) is 0 Å². The van der Waals surface area contributed by atoms with E-state index in [0.717, 1.165) is 22.9 Å². The SMILES string of the molecule is COc1cc(C(O)CCCc2ccccc2Br)cc(OC)c1OC. The highest BCUT2D eigenvalue weighted by Gasteiger charge is 2.17. The molecule has 0 saturated heterocycles. The van der Waals surface area contributed by atoms with Crippen LogP contribution in [0.1, 0.15) is 30.1 Å². The minimum absolute atomic E-state index is 0.532. The Morgan fingerprint density at radius 3 is 2.17 bits per heavy atom. The van der Waals surface area contributed by atoms with Gasteiger partial charge in [0.15, 0.2) is 11.5 Å². The van der Waals surface area contributed by atoms with Gasteiger partial charge in [-0.2, -0.15) is 0 Å². The molecule has 5 heteroatoms. The first-order valence-electron chi connectivity index (χ1n) is 7.82. The maximum absolute atomic E-state index is 10.5. The maximum Gasteiger partial charge on any atom is 0.203 e. The fraction of sp³-hybridized carbons (Fsp3) is 0.368. The first-order valence-corrected chi connectivity index (χ1v) is 8.61. The summed E-state index contributed by atoms with van der Waals surface area (Å²) in [4.78, 5) is 0. The summed E-state index contributed by atoms with van der Waals surface area (Å²) in [5.41, 5.74) is 2.01. The molecule has 2 rings (SSSR count). The Bertz CT molecular complexity index is 647. The number of aryl methyl sites for hydroxylation is 1. The summed E-state index contributed by atoms with van der Waals surface area (Å²) >= 11 is 3.55. The van der Waals surface area contributed by atoms with Gasteiger partial charge in [-0.3, -0.25) is 0 Å². The van der Waals surface area contributed by atoms with Crippen molar-refractivity contribution in [2.45, 2.75) is 25.4 Å². The van der Waals surface area contributed by atoms with Crippen LogP contribution in [-0.2, 0) is 6.42 Å². The van der Waals surface area contributed by atoms with Crippen molar-refractivity contribution in [1.29, 1.82) is 0 Å². The van der Waals surface area contributed by atoms with Gasteiger partial charge in [0.25, 0.3) is 0 Å². The van der Waals surface area contributed by atoms with Crippen LogP contribution in [0.3, 0.4) is 0 Å². The van der Waals surface area contributed by atoms with E-state index < -0.39 is 6.10 Å². The van der Waals surface area contributed by atoms with Gasteiger partial charge in [0.1, 0.15) is 0 Å². The van der Waals surface area contributed by atoms with Crippen LogP contribution in [0.15, 0.2) is 40.9 Å². The summed E-state index contributed by atoms with van der Waals surface area (Å²) in [5.74, 6) is 1.64. The van der Waals surface area contributed by atoms with Gasteiger partial charge in [-0.25, -0.2) is 0 Å². The number of aliphatic hydroxyl groups is 1. The third-order valence-corrected chi connectivity index (χ3v) is 4.73. The minimum atomic E-state index is -0.582. The molecule has 1 N–H and O–H groups in total. The summed E-state index contributed by atoms with van der Waals surface area (Å²) < 4.78 is 17.1. The topological polar surface area (TPSA) is 47.9 Å². The van der Waals surface area contributed by atoms with Gasteiger partial charge in [0.05, 0.1) is 27.4 Å². The highest BCUT2D eigenvalue weighted by molar-refractivity contribution is 9.10. The summed E-state index contributed by atoms with van der Waals surface area (Å²) in [6, 6.07) is 11.7. The van der Waals surface area contributed by atoms with Crippen LogP contribution in [-0.4, -0.2) is 26.4 Å². The molecule has 0 saturated carbocycles. The molecule has 130 valence electrons. The highest BCUT2D eigenvalue weighted by atomic mass is 79.9. The van der Waals surface area contributed by atoms with E-state index in [4.69, 9.17) is 14.2 Å². The molecule has 0 aliphatic rings. The molecule has 0 amide bonds. The zero-order chi connectivity index (χ0) is 17.5. The fourth-order valence-electron chi connectivity index (χ4n) is 2.65. The van der Waals surface area contributed by atoms with E-state index in [0.29, 0.717) is 23.7 Å². The first-order chi connectivity index (χ1) is 11.6. The van der Waals surface area contributed by atoms with Crippen LogP contribution in [0, 0.1) is 0 Å². The molecule has 0 heterocycles. The Labute approximate surface area is 151 Å². The monoisotopic (exact) mass is 394 g/mol. The second-order valence-electron chi connectivity index (χ2n) is 5.46. The van der Waals surface area contributed by atoms with Gasteiger partial charge >= 0.3 is 0 Å². The normalized spacial score (nSPS) is 11.9. The molecular formula is C19H23BrO4. The number of hydrogen-bond acceptors (Lipinski definition) is 4. The van der Waals surface area contributed by atoms with Crippen LogP contribution in [0.4, 0.5) is 0 Å². The summed E-state index contributed by atoms with van der Waals surface area (Å²) in [6.07, 6.45) is 1.85. The lowest BCUT2D eigenvalue weighted by Crippen LogP contribution is -2.02. The molecule has 4 nitrogen and oxygen atoms in total. The molecule has 2 aromatic rings. The van der Waals surface area contributed by atoms with Crippen molar-refractivity contribution in [2.75, 3.05) is 21.3 Å². The molecule has 0 aliphatic heterocycles. The van der Waals surface area contributed by atoms with Crippen molar-refractivity contribution in [3.05, 3.63) is 52.0 Å². The van der Waals surface area contributed by atoms with E-state index in [1.807, 2.05) is 18.2 Å². The van der Waals surface area contributed by atoms with Gasteiger partial charge in [-0.1, -0.05) is 34.1 Å². The number of aliphatic hydroxyl groups excluding tert-OH is 1. The Kier molecular flexibility index (Phi) is 6.94. The standard InChI is InChI=1S/C19H23BrO4/c1-22-17-11-14(12-18(23-2)19(17)24-3)16(21)10-6-8-13-7-4-5-9-15(13)20/h4-5,7,9,11-12,16,21H,6,8,10H2,1-3H3. The van der Waals surface area contributed by atoms with Crippen LogP contribution in [0.2, 0.25) is 0 Å². The molecule has 2 aromatic carbocycles. The van der Waals surface area contributed by atoms with E-state index in [1.165, 1.54) is 5.56 Å². The number of hydrogen-bond donors (Lipinski definition) is 1. The van der Waals surface area contributed by atoms with Crippen LogP contribution in [0.25, 0.3) is 0 Å². The van der Waals surface area contributed by atoms with Crippen LogP contribution < -0.4 is 14.2 Å². The van der Waals surface area contributed by atoms with Crippen molar-refractivity contribution in [2.24, 2.45) is 0 Å². The lowest BCUT2D eigenvalue weighted by atomic mass is 10.0. The molecule has 1 atom stereocenters.